The lowest BCUT2D eigenvalue weighted by atomic mass is 10.2. The molecular formula is C30H32N4O4S. The number of hydrazone groups is 1. The quantitative estimate of drug-likeness (QED) is 0.235. The third-order valence-corrected chi connectivity index (χ3v) is 8.12. The number of nitrogens with one attached hydrogen (secondary N) is 1. The van der Waals surface area contributed by atoms with Gasteiger partial charge in [-0.05, 0) is 81.3 Å². The number of methoxy groups -OCH3 is 1. The van der Waals surface area contributed by atoms with Crippen LogP contribution in [0.15, 0.2) is 88.9 Å². The van der Waals surface area contributed by atoms with Crippen molar-refractivity contribution in [3.05, 3.63) is 107 Å². The van der Waals surface area contributed by atoms with Gasteiger partial charge in [-0.2, -0.15) is 5.10 Å². The number of rotatable bonds is 9. The molecule has 0 aliphatic carbocycles. The SMILES string of the molecule is COc1ccc(C)cc1N(CC(=O)N/N=C\c1cc(C)n(-c2cccc(C)c2)c1C)S(=O)(=O)c1ccccc1. The molecule has 3 aromatic carbocycles. The summed E-state index contributed by atoms with van der Waals surface area (Å²) in [4.78, 5) is 13.1. The number of carbonyl (C=O) groups is 1. The molecule has 1 heterocycles. The number of sulfonamides is 1. The van der Waals surface area contributed by atoms with Crippen LogP contribution in [0.3, 0.4) is 0 Å². The van der Waals surface area contributed by atoms with E-state index in [-0.39, 0.29) is 10.6 Å². The zero-order chi connectivity index (χ0) is 28.2. The Bertz CT molecular complexity index is 1630. The number of benzene rings is 3. The molecule has 0 unspecified atom stereocenters. The number of aromatic nitrogens is 1. The monoisotopic (exact) mass is 544 g/mol. The average molecular weight is 545 g/mol. The Morgan fingerprint density at radius 2 is 1.67 bits per heavy atom. The highest BCUT2D eigenvalue weighted by atomic mass is 32.2. The number of aryl methyl sites for hydroxylation is 3. The van der Waals surface area contributed by atoms with Crippen LogP contribution < -0.4 is 14.5 Å². The number of amides is 1. The minimum absolute atomic E-state index is 0.0634. The fraction of sp³-hybridized carbons (Fsp3) is 0.200. The van der Waals surface area contributed by atoms with E-state index in [2.05, 4.69) is 21.2 Å². The second kappa shape index (κ2) is 11.6. The maximum Gasteiger partial charge on any atom is 0.264 e. The van der Waals surface area contributed by atoms with Gasteiger partial charge in [-0.15, -0.1) is 0 Å². The lowest BCUT2D eigenvalue weighted by Gasteiger charge is -2.25. The van der Waals surface area contributed by atoms with Gasteiger partial charge in [-0.1, -0.05) is 36.4 Å². The Morgan fingerprint density at radius 1 is 0.949 bits per heavy atom. The first-order valence-corrected chi connectivity index (χ1v) is 13.9. The molecule has 1 aromatic heterocycles. The van der Waals surface area contributed by atoms with Crippen LogP contribution in [0.2, 0.25) is 0 Å². The molecular weight excluding hydrogens is 512 g/mol. The average Bonchev–Trinajstić information content (AvgIpc) is 3.20. The molecule has 0 aliphatic rings. The molecule has 4 rings (SSSR count). The molecule has 0 saturated heterocycles. The van der Waals surface area contributed by atoms with E-state index in [0.717, 1.165) is 38.1 Å². The Kier molecular flexibility index (Phi) is 8.21. The van der Waals surface area contributed by atoms with E-state index < -0.39 is 22.5 Å². The highest BCUT2D eigenvalue weighted by Gasteiger charge is 2.29. The van der Waals surface area contributed by atoms with Crippen molar-refractivity contribution in [1.29, 1.82) is 0 Å². The Labute approximate surface area is 229 Å². The zero-order valence-corrected chi connectivity index (χ0v) is 23.5. The summed E-state index contributed by atoms with van der Waals surface area (Å²) in [5.41, 5.74) is 8.60. The largest absolute Gasteiger partial charge is 0.495 e. The van der Waals surface area contributed by atoms with Crippen LogP contribution >= 0.6 is 0 Å². The fourth-order valence-corrected chi connectivity index (χ4v) is 5.88. The van der Waals surface area contributed by atoms with Crippen LogP contribution in [0.25, 0.3) is 5.69 Å². The van der Waals surface area contributed by atoms with Gasteiger partial charge in [0.25, 0.3) is 15.9 Å². The Morgan fingerprint density at radius 3 is 2.36 bits per heavy atom. The van der Waals surface area contributed by atoms with Crippen molar-refractivity contribution in [1.82, 2.24) is 9.99 Å². The summed E-state index contributed by atoms with van der Waals surface area (Å²) >= 11 is 0. The second-order valence-corrected chi connectivity index (χ2v) is 11.2. The summed E-state index contributed by atoms with van der Waals surface area (Å²) < 4.78 is 35.9. The molecule has 39 heavy (non-hydrogen) atoms. The molecule has 9 heteroatoms. The normalized spacial score (nSPS) is 11.5. The molecule has 4 aromatic rings. The van der Waals surface area contributed by atoms with Crippen molar-refractivity contribution in [3.63, 3.8) is 0 Å². The predicted molar refractivity (Wildman–Crippen MR) is 154 cm³/mol. The number of carbonyl (C=O) groups excluding carboxylic acids is 1. The third-order valence-electron chi connectivity index (χ3n) is 6.34. The lowest BCUT2D eigenvalue weighted by molar-refractivity contribution is -0.119. The topological polar surface area (TPSA) is 93.0 Å². The summed E-state index contributed by atoms with van der Waals surface area (Å²) in [5, 5.41) is 4.14. The van der Waals surface area contributed by atoms with Gasteiger partial charge in [0.1, 0.15) is 12.3 Å². The number of ether oxygens (including phenoxy) is 1. The minimum Gasteiger partial charge on any atom is -0.495 e. The van der Waals surface area contributed by atoms with Crippen molar-refractivity contribution in [2.24, 2.45) is 5.10 Å². The highest BCUT2D eigenvalue weighted by molar-refractivity contribution is 7.92. The second-order valence-electron chi connectivity index (χ2n) is 9.29. The van der Waals surface area contributed by atoms with Crippen molar-refractivity contribution >= 4 is 27.8 Å². The lowest BCUT2D eigenvalue weighted by Crippen LogP contribution is -2.39. The molecule has 0 aliphatic heterocycles. The van der Waals surface area contributed by atoms with Crippen molar-refractivity contribution in [2.75, 3.05) is 18.0 Å². The van der Waals surface area contributed by atoms with Crippen LogP contribution in [-0.4, -0.2) is 38.8 Å². The van der Waals surface area contributed by atoms with Gasteiger partial charge < -0.3 is 9.30 Å². The first-order valence-electron chi connectivity index (χ1n) is 12.4. The molecule has 8 nitrogen and oxygen atoms in total. The molecule has 0 fully saturated rings. The van der Waals surface area contributed by atoms with Gasteiger partial charge in [-0.3, -0.25) is 9.10 Å². The predicted octanol–water partition coefficient (Wildman–Crippen LogP) is 5.07. The maximum absolute atomic E-state index is 13.6. The smallest absolute Gasteiger partial charge is 0.264 e. The van der Waals surface area contributed by atoms with Gasteiger partial charge in [0.15, 0.2) is 0 Å². The molecule has 0 saturated carbocycles. The van der Waals surface area contributed by atoms with E-state index in [9.17, 15) is 13.2 Å². The molecule has 0 radical (unpaired) electrons. The maximum atomic E-state index is 13.6. The zero-order valence-electron chi connectivity index (χ0n) is 22.7. The highest BCUT2D eigenvalue weighted by Crippen LogP contribution is 2.33. The first-order chi connectivity index (χ1) is 18.6. The van der Waals surface area contributed by atoms with E-state index >= 15 is 0 Å². The van der Waals surface area contributed by atoms with Gasteiger partial charge in [0.05, 0.1) is 23.9 Å². The van der Waals surface area contributed by atoms with E-state index in [4.69, 9.17) is 4.74 Å². The molecule has 0 spiro atoms. The standard InChI is InChI=1S/C30H32N4O4S/c1-21-10-9-11-26(16-21)34-23(3)18-25(24(34)4)19-31-32-30(35)20-33(28-17-22(2)14-15-29(28)38-5)39(36,37)27-12-7-6-8-13-27/h6-19H,20H2,1-5H3,(H,32,35)/b31-19-. The van der Waals surface area contributed by atoms with Crippen LogP contribution in [0.1, 0.15) is 28.1 Å². The first kappa shape index (κ1) is 27.7. The Balaban J connectivity index is 1.60. The Hall–Kier alpha value is -4.37. The van der Waals surface area contributed by atoms with E-state index in [0.29, 0.717) is 5.75 Å². The molecule has 1 amide bonds. The number of nitrogens with zero attached hydrogens (tertiary/aromatic N) is 3. The number of hydrogen-bond acceptors (Lipinski definition) is 5. The van der Waals surface area contributed by atoms with E-state index in [1.807, 2.05) is 58.0 Å². The number of hydrogen-bond donors (Lipinski definition) is 1. The van der Waals surface area contributed by atoms with Crippen LogP contribution in [-0.2, 0) is 14.8 Å². The van der Waals surface area contributed by atoms with E-state index in [1.54, 1.807) is 36.5 Å². The minimum atomic E-state index is -4.08. The summed E-state index contributed by atoms with van der Waals surface area (Å²) in [6.07, 6.45) is 1.57. The molecule has 202 valence electrons. The summed E-state index contributed by atoms with van der Waals surface area (Å²) in [6, 6.07) is 23.3. The van der Waals surface area contributed by atoms with Gasteiger partial charge in [0, 0.05) is 22.6 Å². The van der Waals surface area contributed by atoms with Crippen LogP contribution in [0.5, 0.6) is 5.75 Å². The molecule has 0 atom stereocenters. The number of anilines is 1. The van der Waals surface area contributed by atoms with Gasteiger partial charge in [0.2, 0.25) is 0 Å². The summed E-state index contributed by atoms with van der Waals surface area (Å²) in [6.45, 7) is 7.39. The van der Waals surface area contributed by atoms with Crippen LogP contribution in [0.4, 0.5) is 5.69 Å². The summed E-state index contributed by atoms with van der Waals surface area (Å²) in [5.74, 6) is -0.262. The molecule has 0 bridgehead atoms. The van der Waals surface area contributed by atoms with Gasteiger partial charge in [-0.25, -0.2) is 13.8 Å². The van der Waals surface area contributed by atoms with Crippen molar-refractivity contribution < 1.29 is 17.9 Å². The van der Waals surface area contributed by atoms with Crippen molar-refractivity contribution in [3.8, 4) is 11.4 Å². The van der Waals surface area contributed by atoms with Crippen LogP contribution in [0, 0.1) is 27.7 Å². The van der Waals surface area contributed by atoms with Gasteiger partial charge >= 0.3 is 0 Å². The fourth-order valence-electron chi connectivity index (χ4n) is 4.44. The third kappa shape index (κ3) is 6.04. The molecule has 1 N–H and O–H groups in total. The summed E-state index contributed by atoms with van der Waals surface area (Å²) in [7, 11) is -2.62. The van der Waals surface area contributed by atoms with E-state index in [1.165, 1.54) is 19.2 Å². The van der Waals surface area contributed by atoms with Crippen molar-refractivity contribution in [2.45, 2.75) is 32.6 Å².